The molecule has 4 nitrogen and oxygen atoms in total. The molecule has 0 aliphatic rings. The lowest BCUT2D eigenvalue weighted by molar-refractivity contribution is 0.0950. The summed E-state index contributed by atoms with van der Waals surface area (Å²) < 4.78 is 4.99. The van der Waals surface area contributed by atoms with Crippen molar-refractivity contribution >= 4 is 5.91 Å². The summed E-state index contributed by atoms with van der Waals surface area (Å²) in [6.45, 7) is 5.12. The first-order valence-electron chi connectivity index (χ1n) is 7.69. The predicted molar refractivity (Wildman–Crippen MR) is 84.9 cm³/mol. The molecule has 1 rings (SSSR count). The molecule has 0 saturated carbocycles. The average molecular weight is 293 g/mol. The summed E-state index contributed by atoms with van der Waals surface area (Å²) in [5.74, 6) is 1.01. The molecule has 0 aliphatic carbocycles. The van der Waals surface area contributed by atoms with E-state index in [1.807, 2.05) is 0 Å². The Morgan fingerprint density at radius 1 is 1.24 bits per heavy atom. The molecule has 0 atom stereocenters. The molecule has 0 saturated heterocycles. The van der Waals surface area contributed by atoms with E-state index in [0.29, 0.717) is 12.3 Å². The highest BCUT2D eigenvalue weighted by Gasteiger charge is 2.11. The van der Waals surface area contributed by atoms with Crippen molar-refractivity contribution in [2.75, 3.05) is 13.7 Å². The molecule has 2 N–H and O–H groups in total. The Hall–Kier alpha value is -1.71. The lowest BCUT2D eigenvalue weighted by Crippen LogP contribution is -2.24. The summed E-state index contributed by atoms with van der Waals surface area (Å²) in [6, 6.07) is 4.69. The zero-order chi connectivity index (χ0) is 15.7. The van der Waals surface area contributed by atoms with E-state index in [-0.39, 0.29) is 17.2 Å². The van der Waals surface area contributed by atoms with Gasteiger partial charge in [-0.2, -0.15) is 0 Å². The van der Waals surface area contributed by atoms with Crippen molar-refractivity contribution in [3.05, 3.63) is 23.8 Å². The molecule has 0 radical (unpaired) electrons. The van der Waals surface area contributed by atoms with Gasteiger partial charge in [0.1, 0.15) is 11.5 Å². The van der Waals surface area contributed by atoms with E-state index in [4.69, 9.17) is 4.74 Å². The van der Waals surface area contributed by atoms with Crippen LogP contribution in [0.3, 0.4) is 0 Å². The topological polar surface area (TPSA) is 58.6 Å². The van der Waals surface area contributed by atoms with Crippen LogP contribution in [0.1, 0.15) is 56.3 Å². The molecule has 21 heavy (non-hydrogen) atoms. The second-order valence-corrected chi connectivity index (χ2v) is 5.74. The van der Waals surface area contributed by atoms with Crippen LogP contribution >= 0.6 is 0 Å². The molecule has 0 aromatic heterocycles. The first kappa shape index (κ1) is 17.3. The fourth-order valence-electron chi connectivity index (χ4n) is 2.16. The molecular weight excluding hydrogens is 266 g/mol. The number of rotatable bonds is 9. The summed E-state index contributed by atoms with van der Waals surface area (Å²) in [7, 11) is 1.52. The molecule has 0 heterocycles. The molecule has 4 heteroatoms. The fourth-order valence-corrected chi connectivity index (χ4v) is 2.16. The minimum Gasteiger partial charge on any atom is -0.507 e. The Morgan fingerprint density at radius 2 is 1.95 bits per heavy atom. The van der Waals surface area contributed by atoms with E-state index in [1.165, 1.54) is 32.4 Å². The van der Waals surface area contributed by atoms with Crippen LogP contribution in [-0.4, -0.2) is 24.7 Å². The molecule has 0 fully saturated rings. The lowest BCUT2D eigenvalue weighted by Gasteiger charge is -2.08. The third kappa shape index (κ3) is 6.52. The number of carbonyl (C=O) groups excluding carboxylic acids is 1. The van der Waals surface area contributed by atoms with Gasteiger partial charge < -0.3 is 15.2 Å². The van der Waals surface area contributed by atoms with Gasteiger partial charge in [-0.05, 0) is 24.5 Å². The molecule has 1 amide bonds. The van der Waals surface area contributed by atoms with Gasteiger partial charge in [-0.25, -0.2) is 0 Å². The van der Waals surface area contributed by atoms with Gasteiger partial charge in [0.25, 0.3) is 5.91 Å². The van der Waals surface area contributed by atoms with Gasteiger partial charge in [-0.1, -0.05) is 39.5 Å². The van der Waals surface area contributed by atoms with Crippen LogP contribution in [0.25, 0.3) is 0 Å². The van der Waals surface area contributed by atoms with Crippen LogP contribution in [0.15, 0.2) is 18.2 Å². The van der Waals surface area contributed by atoms with Gasteiger partial charge in [0, 0.05) is 12.6 Å². The normalized spacial score (nSPS) is 10.7. The van der Waals surface area contributed by atoms with E-state index >= 15 is 0 Å². The highest BCUT2D eigenvalue weighted by Crippen LogP contribution is 2.23. The third-order valence-electron chi connectivity index (χ3n) is 3.44. The first-order valence-corrected chi connectivity index (χ1v) is 7.69. The van der Waals surface area contributed by atoms with E-state index in [2.05, 4.69) is 19.2 Å². The number of hydrogen-bond acceptors (Lipinski definition) is 3. The van der Waals surface area contributed by atoms with Crippen molar-refractivity contribution in [3.63, 3.8) is 0 Å². The molecule has 0 bridgehead atoms. The van der Waals surface area contributed by atoms with Crippen LogP contribution in [0.4, 0.5) is 0 Å². The number of phenols is 1. The molecular formula is C17H27NO3. The van der Waals surface area contributed by atoms with E-state index in [1.54, 1.807) is 12.1 Å². The zero-order valence-electron chi connectivity index (χ0n) is 13.3. The second kappa shape index (κ2) is 9.27. The number of hydrogen-bond donors (Lipinski definition) is 2. The Bertz CT molecular complexity index is 444. The quantitative estimate of drug-likeness (QED) is 0.682. The summed E-state index contributed by atoms with van der Waals surface area (Å²) in [6.07, 6.45) is 5.83. The number of carbonyl (C=O) groups is 1. The van der Waals surface area contributed by atoms with E-state index < -0.39 is 0 Å². The molecule has 0 spiro atoms. The number of unbranched alkanes of at least 4 members (excludes halogenated alkanes) is 3. The number of ether oxygens (including phenoxy) is 1. The molecule has 0 unspecified atom stereocenters. The van der Waals surface area contributed by atoms with Gasteiger partial charge in [0.05, 0.1) is 12.7 Å². The average Bonchev–Trinajstić information content (AvgIpc) is 2.45. The fraction of sp³-hybridized carbons (Fsp3) is 0.588. The molecule has 1 aromatic rings. The Kier molecular flexibility index (Phi) is 7.65. The number of benzene rings is 1. The van der Waals surface area contributed by atoms with Crippen molar-refractivity contribution in [3.8, 4) is 11.5 Å². The number of aromatic hydroxyl groups is 1. The zero-order valence-corrected chi connectivity index (χ0v) is 13.3. The van der Waals surface area contributed by atoms with Crippen LogP contribution < -0.4 is 10.1 Å². The van der Waals surface area contributed by atoms with Gasteiger partial charge in [0.2, 0.25) is 0 Å². The number of amides is 1. The SMILES string of the molecule is COc1ccc(C(=O)NCCCCCCC(C)C)c(O)c1. The maximum absolute atomic E-state index is 11.9. The minimum absolute atomic E-state index is 0.0521. The van der Waals surface area contributed by atoms with Crippen LogP contribution in [0.5, 0.6) is 11.5 Å². The smallest absolute Gasteiger partial charge is 0.255 e. The molecule has 0 aliphatic heterocycles. The highest BCUT2D eigenvalue weighted by molar-refractivity contribution is 5.96. The first-order chi connectivity index (χ1) is 10.0. The Labute approximate surface area is 127 Å². The monoisotopic (exact) mass is 293 g/mol. The summed E-state index contributed by atoms with van der Waals surface area (Å²) in [4.78, 5) is 11.9. The maximum atomic E-state index is 11.9. The highest BCUT2D eigenvalue weighted by atomic mass is 16.5. The van der Waals surface area contributed by atoms with Gasteiger partial charge in [0.15, 0.2) is 0 Å². The van der Waals surface area contributed by atoms with Gasteiger partial charge in [-0.15, -0.1) is 0 Å². The lowest BCUT2D eigenvalue weighted by atomic mass is 10.0. The summed E-state index contributed by atoms with van der Waals surface area (Å²) in [5, 5.41) is 12.6. The molecule has 118 valence electrons. The van der Waals surface area contributed by atoms with E-state index in [0.717, 1.165) is 18.8 Å². The van der Waals surface area contributed by atoms with E-state index in [9.17, 15) is 9.90 Å². The Balaban J connectivity index is 2.25. The summed E-state index contributed by atoms with van der Waals surface area (Å²) in [5.41, 5.74) is 0.288. The summed E-state index contributed by atoms with van der Waals surface area (Å²) >= 11 is 0. The van der Waals surface area contributed by atoms with Crippen molar-refractivity contribution in [1.29, 1.82) is 0 Å². The standard InChI is InChI=1S/C17H27NO3/c1-13(2)8-6-4-5-7-11-18-17(20)15-10-9-14(21-3)12-16(15)19/h9-10,12-13,19H,4-8,11H2,1-3H3,(H,18,20). The van der Waals surface area contributed by atoms with Gasteiger partial charge >= 0.3 is 0 Å². The van der Waals surface area contributed by atoms with Gasteiger partial charge in [-0.3, -0.25) is 4.79 Å². The predicted octanol–water partition coefficient (Wildman–Crippen LogP) is 3.74. The minimum atomic E-state index is -0.239. The van der Waals surface area contributed by atoms with Crippen molar-refractivity contribution in [2.45, 2.75) is 46.0 Å². The van der Waals surface area contributed by atoms with Crippen molar-refractivity contribution in [2.24, 2.45) is 5.92 Å². The Morgan fingerprint density at radius 3 is 2.57 bits per heavy atom. The number of phenolic OH excluding ortho intramolecular Hbond substituents is 1. The van der Waals surface area contributed by atoms with Crippen molar-refractivity contribution in [1.82, 2.24) is 5.32 Å². The second-order valence-electron chi connectivity index (χ2n) is 5.74. The maximum Gasteiger partial charge on any atom is 0.255 e. The third-order valence-corrected chi connectivity index (χ3v) is 3.44. The number of methoxy groups -OCH3 is 1. The molecule has 1 aromatic carbocycles. The van der Waals surface area contributed by atoms with Crippen molar-refractivity contribution < 1.29 is 14.6 Å². The van der Waals surface area contributed by atoms with Crippen LogP contribution in [0, 0.1) is 5.92 Å². The van der Waals surface area contributed by atoms with Crippen LogP contribution in [-0.2, 0) is 0 Å². The number of nitrogens with one attached hydrogen (secondary N) is 1. The largest absolute Gasteiger partial charge is 0.507 e. The van der Waals surface area contributed by atoms with Crippen LogP contribution in [0.2, 0.25) is 0 Å².